The van der Waals surface area contributed by atoms with Crippen molar-refractivity contribution >= 4 is 28.6 Å². The number of nitrogens with zero attached hydrogens (tertiary/aromatic N) is 4. The largest absolute Gasteiger partial charge is 0.497 e. The molecule has 1 fully saturated rings. The summed E-state index contributed by atoms with van der Waals surface area (Å²) in [4.78, 5) is 22.5. The van der Waals surface area contributed by atoms with E-state index in [1.165, 1.54) is 0 Å². The Morgan fingerprint density at radius 2 is 2.17 bits per heavy atom. The molecule has 0 spiro atoms. The summed E-state index contributed by atoms with van der Waals surface area (Å²) in [6.07, 6.45) is 7.27. The number of aromatic nitrogens is 3. The Labute approximate surface area is 210 Å². The highest BCUT2D eigenvalue weighted by Crippen LogP contribution is 2.35. The Kier molecular flexibility index (Phi) is 8.64. The molecule has 0 unspecified atom stereocenters. The van der Waals surface area contributed by atoms with E-state index >= 15 is 0 Å². The van der Waals surface area contributed by atoms with Crippen molar-refractivity contribution in [2.75, 3.05) is 32.5 Å². The van der Waals surface area contributed by atoms with Gasteiger partial charge < -0.3 is 24.4 Å². The minimum Gasteiger partial charge on any atom is -0.497 e. The van der Waals surface area contributed by atoms with Gasteiger partial charge in [-0.15, -0.1) is 11.8 Å². The maximum Gasteiger partial charge on any atom is 0.303 e. The van der Waals surface area contributed by atoms with Gasteiger partial charge in [0.1, 0.15) is 5.75 Å². The fourth-order valence-corrected chi connectivity index (χ4v) is 5.99. The first-order valence-electron chi connectivity index (χ1n) is 12.1. The van der Waals surface area contributed by atoms with Gasteiger partial charge in [-0.2, -0.15) is 0 Å². The van der Waals surface area contributed by atoms with Gasteiger partial charge >= 0.3 is 5.97 Å². The zero-order valence-electron chi connectivity index (χ0n) is 20.3. The van der Waals surface area contributed by atoms with Crippen molar-refractivity contribution < 1.29 is 19.7 Å². The van der Waals surface area contributed by atoms with Crippen molar-refractivity contribution in [1.29, 1.82) is 0 Å². The Morgan fingerprint density at radius 3 is 2.91 bits per heavy atom. The predicted molar refractivity (Wildman–Crippen MR) is 137 cm³/mol. The molecule has 9 heteroatoms. The fourth-order valence-electron chi connectivity index (χ4n) is 5.05. The molecule has 35 heavy (non-hydrogen) atoms. The molecule has 3 heterocycles. The van der Waals surface area contributed by atoms with E-state index in [1.807, 2.05) is 42.1 Å². The lowest BCUT2D eigenvalue weighted by atomic mass is 9.79. The van der Waals surface area contributed by atoms with Crippen LogP contribution in [0.4, 0.5) is 0 Å². The molecular weight excluding hydrogens is 464 g/mol. The van der Waals surface area contributed by atoms with Gasteiger partial charge in [0.25, 0.3) is 0 Å². The summed E-state index contributed by atoms with van der Waals surface area (Å²) >= 11 is 1.77. The molecule has 0 aliphatic carbocycles. The molecule has 4 rings (SSSR count). The minimum absolute atomic E-state index is 0.0874. The number of piperidine rings is 1. The van der Waals surface area contributed by atoms with Gasteiger partial charge in [0.2, 0.25) is 0 Å². The van der Waals surface area contributed by atoms with Gasteiger partial charge in [-0.3, -0.25) is 9.78 Å². The molecule has 8 nitrogen and oxygen atoms in total. The third-order valence-electron chi connectivity index (χ3n) is 6.99. The lowest BCUT2D eigenvalue weighted by Crippen LogP contribution is -2.42. The lowest BCUT2D eigenvalue weighted by molar-refractivity contribution is -0.139. The molecular formula is C26H34N4O4S. The van der Waals surface area contributed by atoms with Gasteiger partial charge in [0.15, 0.2) is 0 Å². The maximum absolute atomic E-state index is 11.6. The number of imidazole rings is 1. The van der Waals surface area contributed by atoms with Crippen LogP contribution in [0.1, 0.15) is 37.4 Å². The molecule has 1 aliphatic heterocycles. The zero-order valence-corrected chi connectivity index (χ0v) is 21.2. The van der Waals surface area contributed by atoms with Crippen molar-refractivity contribution in [3.8, 4) is 5.75 Å². The number of hydrogen-bond acceptors (Lipinski definition) is 7. The summed E-state index contributed by atoms with van der Waals surface area (Å²) in [6.45, 7) is 2.67. The number of methoxy groups -OCH3 is 1. The van der Waals surface area contributed by atoms with E-state index in [1.54, 1.807) is 31.4 Å². The molecule has 188 valence electrons. The fraction of sp³-hybridized carbons (Fsp3) is 0.500. The van der Waals surface area contributed by atoms with E-state index in [4.69, 9.17) is 4.74 Å². The molecule has 0 amide bonds. The molecule has 0 bridgehead atoms. The van der Waals surface area contributed by atoms with Crippen molar-refractivity contribution in [1.82, 2.24) is 19.4 Å². The van der Waals surface area contributed by atoms with Crippen LogP contribution in [-0.2, 0) is 11.8 Å². The van der Waals surface area contributed by atoms with Gasteiger partial charge in [-0.25, -0.2) is 4.98 Å². The summed E-state index contributed by atoms with van der Waals surface area (Å²) in [5.41, 5.74) is 1.66. The number of rotatable bonds is 11. The molecule has 0 saturated carbocycles. The minimum atomic E-state index is -0.751. The number of hydrogen-bond donors (Lipinski definition) is 2. The number of aryl methyl sites for hydroxylation is 1. The number of carbonyl (C=O) groups is 1. The predicted octanol–water partition coefficient (Wildman–Crippen LogP) is 4.00. The van der Waals surface area contributed by atoms with Crippen LogP contribution in [0.3, 0.4) is 0 Å². The Balaban J connectivity index is 1.35. The van der Waals surface area contributed by atoms with Crippen LogP contribution in [0, 0.1) is 11.8 Å². The van der Waals surface area contributed by atoms with Crippen LogP contribution < -0.4 is 4.74 Å². The number of aliphatic hydroxyl groups excluding tert-OH is 1. The average Bonchev–Trinajstić information content (AvgIpc) is 3.26. The molecule has 1 aromatic carbocycles. The van der Waals surface area contributed by atoms with Gasteiger partial charge in [-0.1, -0.05) is 0 Å². The Hall–Kier alpha value is -2.62. The first-order chi connectivity index (χ1) is 16.9. The first kappa shape index (κ1) is 25.5. The second kappa shape index (κ2) is 11.9. The van der Waals surface area contributed by atoms with Gasteiger partial charge in [0.05, 0.1) is 36.3 Å². The number of ether oxygens (including phenoxy) is 1. The zero-order chi connectivity index (χ0) is 24.8. The number of aliphatic carboxylic acids is 1. The maximum atomic E-state index is 11.6. The van der Waals surface area contributed by atoms with E-state index in [9.17, 15) is 15.0 Å². The molecule has 1 saturated heterocycles. The van der Waals surface area contributed by atoms with Crippen molar-refractivity contribution in [3.63, 3.8) is 0 Å². The molecule has 1 aliphatic rings. The van der Waals surface area contributed by atoms with Gasteiger partial charge in [-0.05, 0) is 67.5 Å². The van der Waals surface area contributed by atoms with Crippen molar-refractivity contribution in [2.24, 2.45) is 18.9 Å². The summed E-state index contributed by atoms with van der Waals surface area (Å²) < 4.78 is 7.36. The van der Waals surface area contributed by atoms with E-state index in [-0.39, 0.29) is 18.3 Å². The van der Waals surface area contributed by atoms with Crippen LogP contribution in [-0.4, -0.2) is 68.1 Å². The number of thioether (sulfide) groups is 1. The quantitative estimate of drug-likeness (QED) is 0.383. The number of pyridine rings is 1. The second-order valence-electron chi connectivity index (χ2n) is 9.27. The highest BCUT2D eigenvalue weighted by Gasteiger charge is 2.31. The van der Waals surface area contributed by atoms with Crippen LogP contribution in [0.15, 0.2) is 48.0 Å². The number of benzene rings is 1. The molecule has 0 radical (unpaired) electrons. The highest BCUT2D eigenvalue weighted by atomic mass is 32.2. The number of carboxylic acids is 1. The smallest absolute Gasteiger partial charge is 0.303 e. The Morgan fingerprint density at radius 1 is 1.31 bits per heavy atom. The standard InChI is InChI=1S/C26H34N4O4S/c1-29-17-27-15-25(29)35-12-11-30-10-8-18(19(16-30)13-26(32)33)3-6-24(31)21-7-9-28-23-5-4-20(34-2)14-22(21)23/h4-5,7,9,14-15,17-19,24,31H,3,6,8,10-13,16H2,1-2H3,(H,32,33)/t18-,19+,24+/m1/s1. The summed E-state index contributed by atoms with van der Waals surface area (Å²) in [5.74, 6) is 1.29. The van der Waals surface area contributed by atoms with E-state index in [0.29, 0.717) is 6.42 Å². The second-order valence-corrected chi connectivity index (χ2v) is 10.4. The number of likely N-dealkylation sites (tertiary alicyclic amines) is 1. The normalized spacial score (nSPS) is 19.6. The summed E-state index contributed by atoms with van der Waals surface area (Å²) in [5, 5.41) is 22.6. The summed E-state index contributed by atoms with van der Waals surface area (Å²) in [6, 6.07) is 7.54. The average molecular weight is 499 g/mol. The summed E-state index contributed by atoms with van der Waals surface area (Å²) in [7, 11) is 3.61. The number of carboxylic acid groups (broad SMARTS) is 1. The molecule has 2 N–H and O–H groups in total. The van der Waals surface area contributed by atoms with Crippen molar-refractivity contribution in [3.05, 3.63) is 48.5 Å². The lowest BCUT2D eigenvalue weighted by Gasteiger charge is -2.38. The van der Waals surface area contributed by atoms with Gasteiger partial charge in [0, 0.05) is 43.9 Å². The van der Waals surface area contributed by atoms with Crippen molar-refractivity contribution in [2.45, 2.75) is 36.8 Å². The highest BCUT2D eigenvalue weighted by molar-refractivity contribution is 7.99. The third kappa shape index (κ3) is 6.54. The topological polar surface area (TPSA) is 101 Å². The monoisotopic (exact) mass is 498 g/mol. The van der Waals surface area contributed by atoms with E-state index < -0.39 is 12.1 Å². The van der Waals surface area contributed by atoms with Crippen LogP contribution in [0.2, 0.25) is 0 Å². The van der Waals surface area contributed by atoms with E-state index in [0.717, 1.165) is 65.5 Å². The molecule has 3 aromatic rings. The number of aliphatic hydroxyl groups is 1. The van der Waals surface area contributed by atoms with E-state index in [2.05, 4.69) is 14.9 Å². The molecule has 3 atom stereocenters. The Bertz CT molecular complexity index is 1140. The number of fused-ring (bicyclic) bond motifs is 1. The third-order valence-corrected chi connectivity index (χ3v) is 8.07. The van der Waals surface area contributed by atoms with Crippen LogP contribution in [0.25, 0.3) is 10.9 Å². The van der Waals surface area contributed by atoms with Crippen LogP contribution in [0.5, 0.6) is 5.75 Å². The first-order valence-corrected chi connectivity index (χ1v) is 13.1. The SMILES string of the molecule is COc1ccc2nccc([C@@H](O)CC[C@@H]3CCN(CCSc4cncn4C)C[C@@H]3CC(=O)O)c2c1. The van der Waals surface area contributed by atoms with Crippen LogP contribution >= 0.6 is 11.8 Å². The molecule has 2 aromatic heterocycles.